The maximum Gasteiger partial charge on any atom is 0.263 e. The SMILES string of the molecule is Cc1cc(NC(=O)COc2ccc(C(C)C)cc2)no1. The minimum atomic E-state index is -0.272. The first-order chi connectivity index (χ1) is 9.54. The topological polar surface area (TPSA) is 64.4 Å². The highest BCUT2D eigenvalue weighted by Gasteiger charge is 2.07. The number of anilines is 1. The van der Waals surface area contributed by atoms with Crippen molar-refractivity contribution in [1.82, 2.24) is 5.16 Å². The van der Waals surface area contributed by atoms with Crippen molar-refractivity contribution in [3.8, 4) is 5.75 Å². The Balaban J connectivity index is 1.83. The Bertz CT molecular complexity index is 573. The van der Waals surface area contributed by atoms with Gasteiger partial charge in [-0.25, -0.2) is 0 Å². The molecule has 1 aromatic carbocycles. The summed E-state index contributed by atoms with van der Waals surface area (Å²) >= 11 is 0. The van der Waals surface area contributed by atoms with Gasteiger partial charge in [0.05, 0.1) is 0 Å². The number of aryl methyl sites for hydroxylation is 1. The van der Waals surface area contributed by atoms with Gasteiger partial charge in [-0.15, -0.1) is 0 Å². The minimum absolute atomic E-state index is 0.0626. The Labute approximate surface area is 117 Å². The van der Waals surface area contributed by atoms with Gasteiger partial charge in [-0.3, -0.25) is 4.79 Å². The summed E-state index contributed by atoms with van der Waals surface area (Å²) in [6.07, 6.45) is 0. The molecule has 1 aromatic heterocycles. The highest BCUT2D eigenvalue weighted by molar-refractivity contribution is 5.90. The van der Waals surface area contributed by atoms with Crippen molar-refractivity contribution < 1.29 is 14.1 Å². The van der Waals surface area contributed by atoms with Crippen LogP contribution in [-0.2, 0) is 4.79 Å². The van der Waals surface area contributed by atoms with Crippen LogP contribution in [0.3, 0.4) is 0 Å². The molecule has 2 rings (SSSR count). The lowest BCUT2D eigenvalue weighted by Gasteiger charge is -2.08. The summed E-state index contributed by atoms with van der Waals surface area (Å²) in [6.45, 7) is 5.95. The van der Waals surface area contributed by atoms with Gasteiger partial charge >= 0.3 is 0 Å². The third-order valence-electron chi connectivity index (χ3n) is 2.81. The lowest BCUT2D eigenvalue weighted by Crippen LogP contribution is -2.20. The van der Waals surface area contributed by atoms with Crippen molar-refractivity contribution in [2.45, 2.75) is 26.7 Å². The first kappa shape index (κ1) is 14.1. The third kappa shape index (κ3) is 3.85. The van der Waals surface area contributed by atoms with Crippen molar-refractivity contribution in [2.75, 3.05) is 11.9 Å². The van der Waals surface area contributed by atoms with Crippen LogP contribution in [0.1, 0.15) is 31.1 Å². The second-order valence-corrected chi connectivity index (χ2v) is 4.88. The Hall–Kier alpha value is -2.30. The number of nitrogens with zero attached hydrogens (tertiary/aromatic N) is 1. The normalized spacial score (nSPS) is 10.6. The highest BCUT2D eigenvalue weighted by atomic mass is 16.5. The summed E-state index contributed by atoms with van der Waals surface area (Å²) < 4.78 is 10.3. The van der Waals surface area contributed by atoms with Crippen LogP contribution >= 0.6 is 0 Å². The monoisotopic (exact) mass is 274 g/mol. The zero-order valence-corrected chi connectivity index (χ0v) is 11.8. The Morgan fingerprint density at radius 3 is 2.60 bits per heavy atom. The Morgan fingerprint density at radius 2 is 2.05 bits per heavy atom. The molecule has 5 heteroatoms. The third-order valence-corrected chi connectivity index (χ3v) is 2.81. The molecular weight excluding hydrogens is 256 g/mol. The molecule has 2 aromatic rings. The van der Waals surface area contributed by atoms with Gasteiger partial charge < -0.3 is 14.6 Å². The number of ether oxygens (including phenoxy) is 1. The predicted octanol–water partition coefficient (Wildman–Crippen LogP) is 3.12. The van der Waals surface area contributed by atoms with Gasteiger partial charge in [0, 0.05) is 6.07 Å². The molecule has 0 aliphatic heterocycles. The second-order valence-electron chi connectivity index (χ2n) is 4.88. The summed E-state index contributed by atoms with van der Waals surface area (Å²) in [5, 5.41) is 6.27. The largest absolute Gasteiger partial charge is 0.484 e. The maximum atomic E-state index is 11.7. The number of nitrogens with one attached hydrogen (secondary N) is 1. The van der Waals surface area contributed by atoms with E-state index in [2.05, 4.69) is 24.3 Å². The van der Waals surface area contributed by atoms with Gasteiger partial charge in [-0.1, -0.05) is 31.1 Å². The van der Waals surface area contributed by atoms with E-state index in [9.17, 15) is 4.79 Å². The molecular formula is C15H18N2O3. The molecule has 5 nitrogen and oxygen atoms in total. The van der Waals surface area contributed by atoms with E-state index in [4.69, 9.17) is 9.26 Å². The first-order valence-electron chi connectivity index (χ1n) is 6.50. The van der Waals surface area contributed by atoms with E-state index in [0.717, 1.165) is 0 Å². The second kappa shape index (κ2) is 6.23. The van der Waals surface area contributed by atoms with Crippen LogP contribution in [-0.4, -0.2) is 17.7 Å². The van der Waals surface area contributed by atoms with E-state index in [1.165, 1.54) is 5.56 Å². The average molecular weight is 274 g/mol. The molecule has 0 unspecified atom stereocenters. The molecule has 1 amide bonds. The summed E-state index contributed by atoms with van der Waals surface area (Å²) in [6, 6.07) is 9.37. The van der Waals surface area contributed by atoms with Crippen molar-refractivity contribution >= 4 is 11.7 Å². The van der Waals surface area contributed by atoms with Crippen LogP contribution in [0.15, 0.2) is 34.9 Å². The molecule has 0 atom stereocenters. The van der Waals surface area contributed by atoms with Gasteiger partial charge in [-0.2, -0.15) is 0 Å². The fourth-order valence-electron chi connectivity index (χ4n) is 1.70. The standard InChI is InChI=1S/C15H18N2O3/c1-10(2)12-4-6-13(7-5-12)19-9-15(18)16-14-8-11(3)20-17-14/h4-8,10H,9H2,1-3H3,(H,16,17,18). The van der Waals surface area contributed by atoms with Gasteiger partial charge in [0.25, 0.3) is 5.91 Å². The Kier molecular flexibility index (Phi) is 4.40. The molecule has 0 aliphatic carbocycles. The van der Waals surface area contributed by atoms with Gasteiger partial charge in [0.2, 0.25) is 0 Å². The lowest BCUT2D eigenvalue weighted by molar-refractivity contribution is -0.118. The quantitative estimate of drug-likeness (QED) is 0.909. The van der Waals surface area contributed by atoms with Gasteiger partial charge in [0.1, 0.15) is 11.5 Å². The molecule has 0 radical (unpaired) electrons. The van der Waals surface area contributed by atoms with Crippen molar-refractivity contribution in [3.63, 3.8) is 0 Å². The smallest absolute Gasteiger partial charge is 0.263 e. The van der Waals surface area contributed by atoms with Crippen molar-refractivity contribution in [2.24, 2.45) is 0 Å². The fraction of sp³-hybridized carbons (Fsp3) is 0.333. The number of aromatic nitrogens is 1. The van der Waals surface area contributed by atoms with Crippen LogP contribution in [0.5, 0.6) is 5.75 Å². The number of benzene rings is 1. The first-order valence-corrected chi connectivity index (χ1v) is 6.50. The molecule has 0 aliphatic rings. The maximum absolute atomic E-state index is 11.7. The molecule has 106 valence electrons. The summed E-state index contributed by atoms with van der Waals surface area (Å²) in [4.78, 5) is 11.7. The van der Waals surface area contributed by atoms with E-state index < -0.39 is 0 Å². The number of rotatable bonds is 5. The molecule has 20 heavy (non-hydrogen) atoms. The number of hydrogen-bond donors (Lipinski definition) is 1. The molecule has 1 N–H and O–H groups in total. The summed E-state index contributed by atoms with van der Waals surface area (Å²) in [5.74, 6) is 1.91. The van der Waals surface area contributed by atoms with E-state index in [-0.39, 0.29) is 12.5 Å². The van der Waals surface area contributed by atoms with E-state index in [0.29, 0.717) is 23.2 Å². The van der Waals surface area contributed by atoms with Crippen LogP contribution in [0, 0.1) is 6.92 Å². The summed E-state index contributed by atoms with van der Waals surface area (Å²) in [7, 11) is 0. The molecule has 1 heterocycles. The minimum Gasteiger partial charge on any atom is -0.484 e. The number of amides is 1. The molecule has 0 saturated carbocycles. The van der Waals surface area contributed by atoms with Crippen LogP contribution in [0.4, 0.5) is 5.82 Å². The van der Waals surface area contributed by atoms with Crippen molar-refractivity contribution in [3.05, 3.63) is 41.7 Å². The van der Waals surface area contributed by atoms with E-state index in [1.54, 1.807) is 13.0 Å². The number of carbonyl (C=O) groups excluding carboxylic acids is 1. The van der Waals surface area contributed by atoms with Crippen molar-refractivity contribution in [1.29, 1.82) is 0 Å². The zero-order valence-electron chi connectivity index (χ0n) is 11.8. The molecule has 0 fully saturated rings. The lowest BCUT2D eigenvalue weighted by atomic mass is 10.0. The average Bonchev–Trinajstić information content (AvgIpc) is 2.82. The Morgan fingerprint density at radius 1 is 1.35 bits per heavy atom. The van der Waals surface area contributed by atoms with Gasteiger partial charge in [0.15, 0.2) is 12.4 Å². The fourth-order valence-corrected chi connectivity index (χ4v) is 1.70. The van der Waals surface area contributed by atoms with Crippen LogP contribution < -0.4 is 10.1 Å². The predicted molar refractivity (Wildman–Crippen MR) is 75.9 cm³/mol. The molecule has 0 bridgehead atoms. The molecule has 0 saturated heterocycles. The van der Waals surface area contributed by atoms with Crippen LogP contribution in [0.25, 0.3) is 0 Å². The van der Waals surface area contributed by atoms with E-state index >= 15 is 0 Å². The molecule has 0 spiro atoms. The van der Waals surface area contributed by atoms with Crippen LogP contribution in [0.2, 0.25) is 0 Å². The zero-order chi connectivity index (χ0) is 14.5. The summed E-state index contributed by atoms with van der Waals surface area (Å²) in [5.41, 5.74) is 1.24. The number of carbonyl (C=O) groups is 1. The van der Waals surface area contributed by atoms with Gasteiger partial charge in [-0.05, 0) is 30.5 Å². The van der Waals surface area contributed by atoms with E-state index in [1.807, 2.05) is 24.3 Å². The number of hydrogen-bond acceptors (Lipinski definition) is 4. The highest BCUT2D eigenvalue weighted by Crippen LogP contribution is 2.18.